The molecule has 2 rings (SSSR count). The lowest BCUT2D eigenvalue weighted by atomic mass is 10.0. The molecule has 1 heterocycles. The van der Waals surface area contributed by atoms with Crippen LogP contribution in [-0.2, 0) is 0 Å². The van der Waals surface area contributed by atoms with Crippen molar-refractivity contribution < 1.29 is 0 Å². The quantitative estimate of drug-likeness (QED) is 0.831. The lowest BCUT2D eigenvalue weighted by Crippen LogP contribution is -2.16. The highest BCUT2D eigenvalue weighted by Gasteiger charge is 2.12. The monoisotopic (exact) mass is 234 g/mol. The Morgan fingerprint density at radius 1 is 1.38 bits per heavy atom. The summed E-state index contributed by atoms with van der Waals surface area (Å²) in [5.74, 6) is 1.19. The zero-order valence-corrected chi connectivity index (χ0v) is 10.6. The molecule has 0 aliphatic heterocycles. The van der Waals surface area contributed by atoms with Crippen molar-refractivity contribution in [3.63, 3.8) is 0 Å². The van der Waals surface area contributed by atoms with Crippen LogP contribution in [-0.4, -0.2) is 24.0 Å². The summed E-state index contributed by atoms with van der Waals surface area (Å²) in [7, 11) is 2.03. The fourth-order valence-corrected chi connectivity index (χ4v) is 2.54. The minimum atomic E-state index is 0.448. The molecule has 1 atom stereocenters. The molecule has 0 saturated heterocycles. The van der Waals surface area contributed by atoms with Crippen LogP contribution in [0.15, 0.2) is 30.5 Å². The van der Waals surface area contributed by atoms with Gasteiger partial charge in [-0.1, -0.05) is 18.2 Å². The molecule has 2 aromatic rings. The van der Waals surface area contributed by atoms with Crippen LogP contribution in [0, 0.1) is 0 Å². The minimum Gasteiger partial charge on any atom is -0.361 e. The molecule has 1 unspecified atom stereocenters. The van der Waals surface area contributed by atoms with E-state index in [1.54, 1.807) is 0 Å². The Labute approximate surface area is 101 Å². The summed E-state index contributed by atoms with van der Waals surface area (Å²) < 4.78 is 0. The number of nitrogens with one attached hydrogen (secondary N) is 2. The normalized spacial score (nSPS) is 13.1. The number of hydrogen-bond acceptors (Lipinski definition) is 2. The second-order valence-corrected chi connectivity index (χ2v) is 4.90. The third-order valence-corrected chi connectivity index (χ3v) is 3.60. The molecule has 0 aliphatic carbocycles. The van der Waals surface area contributed by atoms with E-state index in [0.717, 1.165) is 0 Å². The number of aromatic amines is 1. The SMILES string of the molecule is CNC(CCSC)c1c[nH]c2ccccc12. The minimum absolute atomic E-state index is 0.448. The van der Waals surface area contributed by atoms with Crippen molar-refractivity contribution in [2.45, 2.75) is 12.5 Å². The van der Waals surface area contributed by atoms with Gasteiger partial charge in [-0.05, 0) is 37.1 Å². The first-order valence-electron chi connectivity index (χ1n) is 5.59. The molecule has 2 N–H and O–H groups in total. The molecular formula is C13H18N2S. The van der Waals surface area contributed by atoms with Gasteiger partial charge in [0.15, 0.2) is 0 Å². The Bertz CT molecular complexity index is 450. The van der Waals surface area contributed by atoms with E-state index in [4.69, 9.17) is 0 Å². The standard InChI is InChI=1S/C13H18N2S/c1-14-12(7-8-16-2)11-9-15-13-6-4-3-5-10(11)13/h3-6,9,12,14-15H,7-8H2,1-2H3. The molecule has 0 fully saturated rings. The molecule has 1 aromatic carbocycles. The number of rotatable bonds is 5. The number of thioether (sulfide) groups is 1. The number of fused-ring (bicyclic) bond motifs is 1. The van der Waals surface area contributed by atoms with Crippen LogP contribution in [0.1, 0.15) is 18.0 Å². The average Bonchev–Trinajstić information content (AvgIpc) is 2.75. The third kappa shape index (κ3) is 2.25. The van der Waals surface area contributed by atoms with E-state index < -0.39 is 0 Å². The van der Waals surface area contributed by atoms with Crippen LogP contribution in [0.5, 0.6) is 0 Å². The topological polar surface area (TPSA) is 27.8 Å². The van der Waals surface area contributed by atoms with E-state index in [1.165, 1.54) is 28.6 Å². The highest BCUT2D eigenvalue weighted by molar-refractivity contribution is 7.98. The van der Waals surface area contributed by atoms with E-state index in [1.807, 2.05) is 18.8 Å². The highest BCUT2D eigenvalue weighted by Crippen LogP contribution is 2.26. The summed E-state index contributed by atoms with van der Waals surface area (Å²) in [6.45, 7) is 0. The van der Waals surface area contributed by atoms with Crippen LogP contribution in [0.25, 0.3) is 10.9 Å². The molecule has 0 spiro atoms. The molecule has 0 bridgehead atoms. The van der Waals surface area contributed by atoms with Crippen molar-refractivity contribution in [3.05, 3.63) is 36.0 Å². The Balaban J connectivity index is 2.30. The van der Waals surface area contributed by atoms with Gasteiger partial charge in [-0.25, -0.2) is 0 Å². The number of aromatic nitrogens is 1. The van der Waals surface area contributed by atoms with Gasteiger partial charge in [-0.15, -0.1) is 0 Å². The second-order valence-electron chi connectivity index (χ2n) is 3.91. The molecule has 0 aliphatic rings. The lowest BCUT2D eigenvalue weighted by Gasteiger charge is -2.14. The highest BCUT2D eigenvalue weighted by atomic mass is 32.2. The van der Waals surface area contributed by atoms with E-state index in [9.17, 15) is 0 Å². The molecule has 86 valence electrons. The predicted octanol–water partition coefficient (Wildman–Crippen LogP) is 3.18. The van der Waals surface area contributed by atoms with Crippen LogP contribution >= 0.6 is 11.8 Å². The van der Waals surface area contributed by atoms with Gasteiger partial charge in [-0.3, -0.25) is 0 Å². The fourth-order valence-electron chi connectivity index (χ4n) is 2.07. The number of hydrogen-bond donors (Lipinski definition) is 2. The Kier molecular flexibility index (Phi) is 3.91. The zero-order valence-electron chi connectivity index (χ0n) is 9.79. The maximum absolute atomic E-state index is 3.40. The Morgan fingerprint density at radius 2 is 2.19 bits per heavy atom. The van der Waals surface area contributed by atoms with E-state index in [-0.39, 0.29) is 0 Å². The maximum Gasteiger partial charge on any atom is 0.0457 e. The van der Waals surface area contributed by atoms with Crippen LogP contribution in [0.2, 0.25) is 0 Å². The van der Waals surface area contributed by atoms with Gasteiger partial charge in [0, 0.05) is 23.1 Å². The Morgan fingerprint density at radius 3 is 2.94 bits per heavy atom. The number of H-pyrrole nitrogens is 1. The van der Waals surface area contributed by atoms with Gasteiger partial charge in [0.05, 0.1) is 0 Å². The van der Waals surface area contributed by atoms with Crippen molar-refractivity contribution in [3.8, 4) is 0 Å². The second kappa shape index (κ2) is 5.41. The first-order chi connectivity index (χ1) is 7.86. The molecule has 1 aromatic heterocycles. The van der Waals surface area contributed by atoms with Gasteiger partial charge in [0.25, 0.3) is 0 Å². The largest absolute Gasteiger partial charge is 0.361 e. The van der Waals surface area contributed by atoms with Crippen molar-refractivity contribution in [2.24, 2.45) is 0 Å². The summed E-state index contributed by atoms with van der Waals surface area (Å²) in [6, 6.07) is 8.92. The van der Waals surface area contributed by atoms with Crippen LogP contribution in [0.4, 0.5) is 0 Å². The van der Waals surface area contributed by atoms with Gasteiger partial charge >= 0.3 is 0 Å². The first kappa shape index (κ1) is 11.6. The third-order valence-electron chi connectivity index (χ3n) is 2.96. The molecule has 3 heteroatoms. The van der Waals surface area contributed by atoms with Gasteiger partial charge in [0.2, 0.25) is 0 Å². The number of para-hydroxylation sites is 1. The van der Waals surface area contributed by atoms with Crippen molar-refractivity contribution in [2.75, 3.05) is 19.1 Å². The fraction of sp³-hybridized carbons (Fsp3) is 0.385. The molecule has 0 amide bonds. The lowest BCUT2D eigenvalue weighted by molar-refractivity contribution is 0.585. The van der Waals surface area contributed by atoms with Gasteiger partial charge in [-0.2, -0.15) is 11.8 Å². The summed E-state index contributed by atoms with van der Waals surface area (Å²) in [6.07, 6.45) is 5.45. The van der Waals surface area contributed by atoms with E-state index in [2.05, 4.69) is 47.0 Å². The summed E-state index contributed by atoms with van der Waals surface area (Å²) in [4.78, 5) is 3.33. The van der Waals surface area contributed by atoms with Crippen molar-refractivity contribution in [1.82, 2.24) is 10.3 Å². The van der Waals surface area contributed by atoms with Crippen molar-refractivity contribution in [1.29, 1.82) is 0 Å². The smallest absolute Gasteiger partial charge is 0.0457 e. The molecule has 0 saturated carbocycles. The van der Waals surface area contributed by atoms with E-state index in [0.29, 0.717) is 6.04 Å². The average molecular weight is 234 g/mol. The van der Waals surface area contributed by atoms with Crippen LogP contribution < -0.4 is 5.32 Å². The first-order valence-corrected chi connectivity index (χ1v) is 6.98. The number of benzene rings is 1. The summed E-state index contributed by atoms with van der Waals surface area (Å²) in [5.41, 5.74) is 2.61. The van der Waals surface area contributed by atoms with Gasteiger partial charge in [0.1, 0.15) is 0 Å². The molecular weight excluding hydrogens is 216 g/mol. The zero-order chi connectivity index (χ0) is 11.4. The predicted molar refractivity (Wildman–Crippen MR) is 73.1 cm³/mol. The maximum atomic E-state index is 3.40. The van der Waals surface area contributed by atoms with E-state index >= 15 is 0 Å². The van der Waals surface area contributed by atoms with Crippen LogP contribution in [0.3, 0.4) is 0 Å². The van der Waals surface area contributed by atoms with Gasteiger partial charge < -0.3 is 10.3 Å². The molecule has 16 heavy (non-hydrogen) atoms. The molecule has 0 radical (unpaired) electrons. The summed E-state index contributed by atoms with van der Waals surface area (Å²) in [5, 5.41) is 4.73. The summed E-state index contributed by atoms with van der Waals surface area (Å²) >= 11 is 1.90. The Hall–Kier alpha value is -0.930. The molecule has 2 nitrogen and oxygen atoms in total. The van der Waals surface area contributed by atoms with Crippen molar-refractivity contribution >= 4 is 22.7 Å².